The van der Waals surface area contributed by atoms with E-state index in [0.29, 0.717) is 11.3 Å². The maximum atomic E-state index is 14.3. The van der Waals surface area contributed by atoms with E-state index >= 15 is 0 Å². The number of methoxy groups -OCH3 is 1. The zero-order valence-electron chi connectivity index (χ0n) is 37.0. The van der Waals surface area contributed by atoms with Crippen molar-refractivity contribution in [1.29, 1.82) is 0 Å². The van der Waals surface area contributed by atoms with Gasteiger partial charge in [-0.1, -0.05) is 12.1 Å². The van der Waals surface area contributed by atoms with Crippen LogP contribution >= 0.6 is 0 Å². The Hall–Kier alpha value is -5.71. The van der Waals surface area contributed by atoms with Gasteiger partial charge in [-0.3, -0.25) is 24.0 Å². The van der Waals surface area contributed by atoms with Crippen molar-refractivity contribution >= 4 is 34.8 Å². The number of esters is 4. The molecule has 1 fully saturated rings. The number of nitrogens with zero attached hydrogens (tertiary/aromatic N) is 1. The zero-order valence-corrected chi connectivity index (χ0v) is 37.0. The molecule has 0 N–H and O–H groups in total. The lowest BCUT2D eigenvalue weighted by Crippen LogP contribution is -2.61. The van der Waals surface area contributed by atoms with Gasteiger partial charge in [-0.15, -0.1) is 10.1 Å². The molecule has 2 heterocycles. The highest BCUT2D eigenvalue weighted by Crippen LogP contribution is 2.45. The Kier molecular flexibility index (Phi) is 14.5. The van der Waals surface area contributed by atoms with Gasteiger partial charge in [0.25, 0.3) is 5.09 Å². The molecule has 0 amide bonds. The molecule has 1 aromatic heterocycles. The van der Waals surface area contributed by atoms with Gasteiger partial charge in [0.05, 0.1) is 45.3 Å². The summed E-state index contributed by atoms with van der Waals surface area (Å²) in [4.78, 5) is 83.6. The minimum absolute atomic E-state index is 0.0304. The van der Waals surface area contributed by atoms with E-state index in [-0.39, 0.29) is 41.1 Å². The van der Waals surface area contributed by atoms with Crippen LogP contribution in [-0.4, -0.2) is 80.3 Å². The molecule has 0 saturated carbocycles. The second-order valence-electron chi connectivity index (χ2n) is 18.8. The van der Waals surface area contributed by atoms with Crippen LogP contribution < -0.4 is 14.9 Å². The fourth-order valence-electron chi connectivity index (χ4n) is 5.81. The highest BCUT2D eigenvalue weighted by molar-refractivity contribution is 5.86. The molecule has 0 spiro atoms. The summed E-state index contributed by atoms with van der Waals surface area (Å²) in [6.45, 7) is 18.7. The number of benzene rings is 2. The predicted octanol–water partition coefficient (Wildman–Crippen LogP) is 6.96. The van der Waals surface area contributed by atoms with Gasteiger partial charge in [0.2, 0.25) is 5.43 Å². The SMILES string of the molecule is COc1ccc2c(=O)c(-c3ccc(OCCO[N+](=O)[O-])cc3)coc2c1[C@@H]1O[C@H](COC(=O)C(C)(C)C)[C@@H](OC(=O)C(C)(C)C)[C@H](OC(=O)C(C)(C)C)[C@H]1OC(=O)C(C)(C)C. The molecule has 0 unspecified atom stereocenters. The van der Waals surface area contributed by atoms with Gasteiger partial charge < -0.3 is 42.4 Å². The number of carbonyl (C=O) groups is 4. The molecule has 17 nitrogen and oxygen atoms in total. The Morgan fingerprint density at radius 3 is 1.74 bits per heavy atom. The lowest BCUT2D eigenvalue weighted by atomic mass is 9.87. The number of carbonyl (C=O) groups excluding carboxylic acids is 4. The number of rotatable bonds is 13. The lowest BCUT2D eigenvalue weighted by Gasteiger charge is -2.46. The minimum Gasteiger partial charge on any atom is -0.496 e. The largest absolute Gasteiger partial charge is 0.496 e. The smallest absolute Gasteiger partial charge is 0.311 e. The normalized spacial score (nSPS) is 19.7. The third-order valence-corrected chi connectivity index (χ3v) is 9.35. The summed E-state index contributed by atoms with van der Waals surface area (Å²) in [5.41, 5.74) is -4.03. The summed E-state index contributed by atoms with van der Waals surface area (Å²) in [5.74, 6) is -2.29. The first-order valence-corrected chi connectivity index (χ1v) is 19.7. The molecule has 1 aliphatic rings. The van der Waals surface area contributed by atoms with E-state index in [1.165, 1.54) is 25.5 Å². The highest BCUT2D eigenvalue weighted by Gasteiger charge is 2.56. The molecular weight excluding hydrogens is 798 g/mol. The Morgan fingerprint density at radius 2 is 1.23 bits per heavy atom. The Morgan fingerprint density at radius 1 is 0.705 bits per heavy atom. The van der Waals surface area contributed by atoms with Crippen LogP contribution in [-0.2, 0) is 47.7 Å². The third-order valence-electron chi connectivity index (χ3n) is 9.35. The molecule has 61 heavy (non-hydrogen) atoms. The molecule has 3 aromatic rings. The molecule has 1 saturated heterocycles. The van der Waals surface area contributed by atoms with Crippen molar-refractivity contribution < 1.29 is 66.7 Å². The van der Waals surface area contributed by atoms with Crippen LogP contribution in [0.15, 0.2) is 51.9 Å². The van der Waals surface area contributed by atoms with Crippen molar-refractivity contribution in [3.8, 4) is 22.6 Å². The molecule has 4 rings (SSSR count). The van der Waals surface area contributed by atoms with Crippen LogP contribution in [0.2, 0.25) is 0 Å². The van der Waals surface area contributed by atoms with Crippen molar-refractivity contribution in [3.63, 3.8) is 0 Å². The van der Waals surface area contributed by atoms with Gasteiger partial charge in [-0.05, 0) is 113 Å². The predicted molar refractivity (Wildman–Crippen MR) is 219 cm³/mol. The van der Waals surface area contributed by atoms with Crippen LogP contribution in [0.4, 0.5) is 0 Å². The van der Waals surface area contributed by atoms with Gasteiger partial charge in [0.1, 0.15) is 55.4 Å². The van der Waals surface area contributed by atoms with Crippen LogP contribution in [0.25, 0.3) is 22.1 Å². The minimum atomic E-state index is -1.57. The molecule has 2 aromatic carbocycles. The standard InChI is InChI=1S/C44H57NO16/c1-41(2,3)37(47)56-23-29-33(59-38(48)42(4,5)6)35(60-39(49)43(7,8)9)36(61-40(50)44(10,11)12)34(58-29)30-28(53-13)19-18-26-31(46)27(22-55-32(26)30)24-14-16-25(17-15-24)54-20-21-57-45(51)52/h14-19,22,29,33-36H,20-21,23H2,1-13H3/t29-,33-,34+,35+,36+/m1/s1. The van der Waals surface area contributed by atoms with E-state index in [1.54, 1.807) is 107 Å². The summed E-state index contributed by atoms with van der Waals surface area (Å²) in [6, 6.07) is 9.35. The second-order valence-corrected chi connectivity index (χ2v) is 18.8. The molecule has 0 radical (unpaired) electrons. The van der Waals surface area contributed by atoms with E-state index in [4.69, 9.17) is 37.6 Å². The lowest BCUT2D eigenvalue weighted by molar-refractivity contribution is -0.757. The van der Waals surface area contributed by atoms with Crippen molar-refractivity contribution in [2.45, 2.75) is 114 Å². The van der Waals surface area contributed by atoms with E-state index in [2.05, 4.69) is 4.84 Å². The Labute approximate surface area is 354 Å². The van der Waals surface area contributed by atoms with Crippen molar-refractivity contribution in [2.75, 3.05) is 26.9 Å². The third kappa shape index (κ3) is 11.8. The molecule has 0 aliphatic carbocycles. The van der Waals surface area contributed by atoms with E-state index in [0.717, 1.165) is 0 Å². The van der Waals surface area contributed by atoms with Crippen LogP contribution in [0.3, 0.4) is 0 Å². The van der Waals surface area contributed by atoms with Crippen LogP contribution in [0.5, 0.6) is 11.5 Å². The molecular formula is C44H57NO16. The fourth-order valence-corrected chi connectivity index (χ4v) is 5.81. The van der Waals surface area contributed by atoms with Crippen molar-refractivity contribution in [1.82, 2.24) is 0 Å². The average Bonchev–Trinajstić information content (AvgIpc) is 3.15. The van der Waals surface area contributed by atoms with Gasteiger partial charge in [0, 0.05) is 0 Å². The summed E-state index contributed by atoms with van der Waals surface area (Å²) in [7, 11) is 1.37. The maximum absolute atomic E-state index is 14.3. The summed E-state index contributed by atoms with van der Waals surface area (Å²) in [5, 5.41) is 9.58. The summed E-state index contributed by atoms with van der Waals surface area (Å²) >= 11 is 0. The first-order chi connectivity index (χ1) is 28.1. The number of hydrogen-bond acceptors (Lipinski definition) is 16. The molecule has 5 atom stereocenters. The van der Waals surface area contributed by atoms with Gasteiger partial charge in [-0.25, -0.2) is 0 Å². The van der Waals surface area contributed by atoms with E-state index in [1.807, 2.05) is 0 Å². The molecule has 1 aliphatic heterocycles. The maximum Gasteiger partial charge on any atom is 0.311 e. The molecule has 0 bridgehead atoms. The number of hydrogen-bond donors (Lipinski definition) is 0. The fraction of sp³-hybridized carbons (Fsp3) is 0.568. The Balaban J connectivity index is 1.96. The van der Waals surface area contributed by atoms with Gasteiger partial charge >= 0.3 is 23.9 Å². The molecule has 17 heteroatoms. The monoisotopic (exact) mass is 855 g/mol. The first-order valence-electron chi connectivity index (χ1n) is 19.7. The second kappa shape index (κ2) is 18.5. The van der Waals surface area contributed by atoms with Gasteiger partial charge in [-0.2, -0.15) is 0 Å². The molecule has 334 valence electrons. The summed E-state index contributed by atoms with van der Waals surface area (Å²) < 4.78 is 48.6. The first kappa shape index (κ1) is 48.0. The van der Waals surface area contributed by atoms with Gasteiger partial charge in [0.15, 0.2) is 18.3 Å². The summed E-state index contributed by atoms with van der Waals surface area (Å²) in [6.07, 6.45) is -6.21. The van der Waals surface area contributed by atoms with Crippen LogP contribution in [0, 0.1) is 31.8 Å². The zero-order chi connectivity index (χ0) is 45.8. The van der Waals surface area contributed by atoms with Crippen molar-refractivity contribution in [2.24, 2.45) is 21.7 Å². The van der Waals surface area contributed by atoms with E-state index in [9.17, 15) is 34.1 Å². The van der Waals surface area contributed by atoms with E-state index < -0.39 is 93.2 Å². The topological polar surface area (TPSA) is 215 Å². The number of fused-ring (bicyclic) bond motifs is 1. The average molecular weight is 856 g/mol. The highest BCUT2D eigenvalue weighted by atomic mass is 17.0. The quantitative estimate of drug-likeness (QED) is 0.0558. The number of ether oxygens (including phenoxy) is 7. The Bertz CT molecular complexity index is 2150. The van der Waals surface area contributed by atoms with Crippen molar-refractivity contribution in [3.05, 3.63) is 68.6 Å². The van der Waals surface area contributed by atoms with Crippen LogP contribution in [0.1, 0.15) is 94.8 Å².